The molecule has 1 N–H and O–H groups in total. The van der Waals surface area contributed by atoms with Gasteiger partial charge in [0.05, 0.1) is 12.2 Å². The molecule has 0 aliphatic carbocycles. The van der Waals surface area contributed by atoms with Gasteiger partial charge >= 0.3 is 0 Å². The standard InChI is InChI=1S/C29H32FN7O2/c1-29(39)12-4-5-21(30)19-36-28(38)23-18-31-25(33-27(23)37(36)26-7-3-6-24(29)32-26)17-20-8-10-22(11-9-20)35-15-13-34(2)14-16-35/h3,5-11,18,39H,4,12-17,19H2,1-2H3/b21-5+. The average molecular weight is 530 g/mol. The van der Waals surface area contributed by atoms with E-state index in [-0.39, 0.29) is 11.9 Å². The topological polar surface area (TPSA) is 92.3 Å². The summed E-state index contributed by atoms with van der Waals surface area (Å²) in [7, 11) is 2.14. The fourth-order valence-electron chi connectivity index (χ4n) is 5.28. The van der Waals surface area contributed by atoms with Crippen molar-refractivity contribution in [2.45, 2.75) is 38.3 Å². The molecule has 3 aromatic heterocycles. The molecule has 2 aliphatic heterocycles. The molecule has 9 nitrogen and oxygen atoms in total. The number of nitrogens with zero attached hydrogens (tertiary/aromatic N) is 7. The molecule has 1 saturated heterocycles. The molecule has 6 rings (SSSR count). The van der Waals surface area contributed by atoms with Crippen LogP contribution in [0.2, 0.25) is 0 Å². The summed E-state index contributed by atoms with van der Waals surface area (Å²) >= 11 is 0. The molecule has 0 radical (unpaired) electrons. The van der Waals surface area contributed by atoms with Crippen LogP contribution in [-0.4, -0.2) is 67.5 Å². The van der Waals surface area contributed by atoms with Gasteiger partial charge in [-0.3, -0.25) is 4.79 Å². The summed E-state index contributed by atoms with van der Waals surface area (Å²) in [5.74, 6) is 0.473. The number of anilines is 1. The lowest BCUT2D eigenvalue weighted by molar-refractivity contribution is 0.0442. The summed E-state index contributed by atoms with van der Waals surface area (Å²) in [5, 5.41) is 11.3. The van der Waals surface area contributed by atoms with Crippen molar-refractivity contribution in [3.05, 3.63) is 88.0 Å². The smallest absolute Gasteiger partial charge is 0.278 e. The third-order valence-corrected chi connectivity index (χ3v) is 7.69. The molecule has 5 heterocycles. The van der Waals surface area contributed by atoms with Crippen molar-refractivity contribution in [1.29, 1.82) is 0 Å². The Morgan fingerprint density at radius 1 is 1.05 bits per heavy atom. The van der Waals surface area contributed by atoms with E-state index >= 15 is 0 Å². The zero-order chi connectivity index (χ0) is 27.1. The van der Waals surface area contributed by atoms with Gasteiger partial charge in [0.2, 0.25) is 0 Å². The number of benzene rings is 1. The Labute approximate surface area is 225 Å². The Balaban J connectivity index is 1.38. The Morgan fingerprint density at radius 3 is 2.59 bits per heavy atom. The minimum atomic E-state index is -1.25. The number of pyridine rings is 1. The number of fused-ring (bicyclic) bond motifs is 6. The van der Waals surface area contributed by atoms with Crippen LogP contribution in [0.1, 0.15) is 36.8 Å². The fraction of sp³-hybridized carbons (Fsp3) is 0.379. The Morgan fingerprint density at radius 2 is 1.82 bits per heavy atom. The summed E-state index contributed by atoms with van der Waals surface area (Å²) in [6, 6.07) is 13.7. The SMILES string of the molecule is CN1CCN(c2ccc(Cc3ncc4c(=O)n5n(c4n3)-c3cccc(n3)C(C)(O)CC/C=C(/F)C5)cc2)CC1. The third-order valence-electron chi connectivity index (χ3n) is 7.69. The highest BCUT2D eigenvalue weighted by atomic mass is 19.1. The maximum absolute atomic E-state index is 14.9. The summed E-state index contributed by atoms with van der Waals surface area (Å²) in [6.07, 6.45) is 4.03. The van der Waals surface area contributed by atoms with Gasteiger partial charge in [-0.25, -0.2) is 28.7 Å². The average Bonchev–Trinajstić information content (AvgIpc) is 3.19. The number of aliphatic hydroxyl groups is 1. The second kappa shape index (κ2) is 10.0. The molecule has 0 saturated carbocycles. The molecule has 39 heavy (non-hydrogen) atoms. The van der Waals surface area contributed by atoms with Crippen LogP contribution >= 0.6 is 0 Å². The van der Waals surface area contributed by atoms with E-state index in [1.54, 1.807) is 25.1 Å². The van der Waals surface area contributed by atoms with Crippen molar-refractivity contribution in [2.24, 2.45) is 0 Å². The van der Waals surface area contributed by atoms with Crippen LogP contribution in [0.3, 0.4) is 0 Å². The number of rotatable bonds is 3. The van der Waals surface area contributed by atoms with Gasteiger partial charge < -0.3 is 14.9 Å². The quantitative estimate of drug-likeness (QED) is 0.436. The molecule has 1 fully saturated rings. The molecule has 10 heteroatoms. The number of halogens is 1. The molecular weight excluding hydrogens is 497 g/mol. The van der Waals surface area contributed by atoms with E-state index < -0.39 is 17.0 Å². The van der Waals surface area contributed by atoms with E-state index in [4.69, 9.17) is 4.98 Å². The Hall–Kier alpha value is -3.89. The molecule has 0 amide bonds. The highest BCUT2D eigenvalue weighted by molar-refractivity contribution is 5.75. The highest BCUT2D eigenvalue weighted by Crippen LogP contribution is 2.27. The molecule has 0 spiro atoms. The van der Waals surface area contributed by atoms with Crippen molar-refractivity contribution >= 4 is 16.7 Å². The van der Waals surface area contributed by atoms with E-state index in [9.17, 15) is 14.3 Å². The van der Waals surface area contributed by atoms with E-state index in [1.165, 1.54) is 27.3 Å². The minimum absolute atomic E-state index is 0.258. The number of hydrogen-bond donors (Lipinski definition) is 1. The van der Waals surface area contributed by atoms with E-state index in [0.29, 0.717) is 42.2 Å². The summed E-state index contributed by atoms with van der Waals surface area (Å²) in [6.45, 7) is 5.51. The molecule has 1 aromatic carbocycles. The molecule has 2 bridgehead atoms. The van der Waals surface area contributed by atoms with Crippen LogP contribution in [0.5, 0.6) is 0 Å². The van der Waals surface area contributed by atoms with Crippen LogP contribution in [0.25, 0.3) is 16.9 Å². The van der Waals surface area contributed by atoms with E-state index in [1.807, 2.05) is 0 Å². The molecular formula is C29H32FN7O2. The van der Waals surface area contributed by atoms with Crippen molar-refractivity contribution in [1.82, 2.24) is 29.2 Å². The van der Waals surface area contributed by atoms with Crippen molar-refractivity contribution in [3.63, 3.8) is 0 Å². The first-order valence-corrected chi connectivity index (χ1v) is 13.3. The largest absolute Gasteiger partial charge is 0.384 e. The predicted octanol–water partition coefficient (Wildman–Crippen LogP) is 3.17. The highest BCUT2D eigenvalue weighted by Gasteiger charge is 2.27. The normalized spacial score (nSPS) is 21.7. The second-order valence-electron chi connectivity index (χ2n) is 10.7. The van der Waals surface area contributed by atoms with Crippen LogP contribution in [0.4, 0.5) is 10.1 Å². The first kappa shape index (κ1) is 25.4. The van der Waals surface area contributed by atoms with Crippen LogP contribution < -0.4 is 10.5 Å². The first-order chi connectivity index (χ1) is 18.8. The van der Waals surface area contributed by atoms with Gasteiger partial charge in [-0.05, 0) is 56.6 Å². The lowest BCUT2D eigenvalue weighted by Gasteiger charge is -2.34. The Bertz CT molecular complexity index is 1600. The Kier molecular flexibility index (Phi) is 6.52. The zero-order valence-corrected chi connectivity index (χ0v) is 22.2. The zero-order valence-electron chi connectivity index (χ0n) is 22.2. The van der Waals surface area contributed by atoms with E-state index in [0.717, 1.165) is 31.7 Å². The lowest BCUT2D eigenvalue weighted by atomic mass is 9.95. The fourth-order valence-corrected chi connectivity index (χ4v) is 5.28. The summed E-state index contributed by atoms with van der Waals surface area (Å²) in [5.41, 5.74) is 1.42. The lowest BCUT2D eigenvalue weighted by Crippen LogP contribution is -2.44. The third kappa shape index (κ3) is 4.97. The van der Waals surface area contributed by atoms with Gasteiger partial charge in [-0.1, -0.05) is 24.3 Å². The van der Waals surface area contributed by atoms with Gasteiger partial charge in [-0.15, -0.1) is 0 Å². The minimum Gasteiger partial charge on any atom is -0.384 e. The van der Waals surface area contributed by atoms with Crippen molar-refractivity contribution in [3.8, 4) is 5.82 Å². The monoisotopic (exact) mass is 529 g/mol. The maximum Gasteiger partial charge on any atom is 0.278 e. The van der Waals surface area contributed by atoms with Crippen LogP contribution in [0.15, 0.2) is 65.4 Å². The second-order valence-corrected chi connectivity index (χ2v) is 10.7. The number of aromatic nitrogens is 5. The van der Waals surface area contributed by atoms with Crippen molar-refractivity contribution in [2.75, 3.05) is 38.1 Å². The molecule has 2 aliphatic rings. The number of allylic oxidation sites excluding steroid dienone is 2. The summed E-state index contributed by atoms with van der Waals surface area (Å²) < 4.78 is 17.7. The molecule has 1 atom stereocenters. The van der Waals surface area contributed by atoms with Crippen LogP contribution in [0, 0.1) is 0 Å². The van der Waals surface area contributed by atoms with Crippen LogP contribution in [-0.2, 0) is 18.6 Å². The van der Waals surface area contributed by atoms with Gasteiger partial charge in [0.1, 0.15) is 22.6 Å². The maximum atomic E-state index is 14.9. The first-order valence-electron chi connectivity index (χ1n) is 13.3. The number of likely N-dealkylation sites (N-methyl/N-ethyl adjacent to an activating group) is 1. The summed E-state index contributed by atoms with van der Waals surface area (Å²) in [4.78, 5) is 32.0. The number of hydrogen-bond acceptors (Lipinski definition) is 7. The van der Waals surface area contributed by atoms with Gasteiger partial charge in [0.15, 0.2) is 11.5 Å². The molecule has 4 aromatic rings. The molecule has 1 unspecified atom stereocenters. The van der Waals surface area contributed by atoms with Crippen molar-refractivity contribution < 1.29 is 9.50 Å². The van der Waals surface area contributed by atoms with E-state index in [2.05, 4.69) is 51.1 Å². The number of piperazine rings is 1. The van der Waals surface area contributed by atoms with Gasteiger partial charge in [0.25, 0.3) is 5.56 Å². The van der Waals surface area contributed by atoms with Gasteiger partial charge in [0, 0.05) is 44.5 Å². The van der Waals surface area contributed by atoms with Gasteiger partial charge in [-0.2, -0.15) is 0 Å². The predicted molar refractivity (Wildman–Crippen MR) is 148 cm³/mol. The molecule has 202 valence electrons.